The van der Waals surface area contributed by atoms with E-state index in [1.807, 2.05) is 13.8 Å². The zero-order valence-electron chi connectivity index (χ0n) is 19.4. The van der Waals surface area contributed by atoms with Crippen LogP contribution in [0, 0.1) is 0 Å². The van der Waals surface area contributed by atoms with Crippen LogP contribution in [0.3, 0.4) is 0 Å². The summed E-state index contributed by atoms with van der Waals surface area (Å²) in [6, 6.07) is 0. The summed E-state index contributed by atoms with van der Waals surface area (Å²) in [4.78, 5) is 0. The average molecular weight is 403 g/mol. The van der Waals surface area contributed by atoms with E-state index in [1.54, 1.807) is 0 Å². The van der Waals surface area contributed by atoms with Gasteiger partial charge in [0.15, 0.2) is 0 Å². The summed E-state index contributed by atoms with van der Waals surface area (Å²) >= 11 is 0. The topological polar surface area (TPSA) is 72.8 Å². The third kappa shape index (κ3) is 41.4. The van der Waals surface area contributed by atoms with Gasteiger partial charge in [0.1, 0.15) is 0 Å². The predicted molar refractivity (Wildman–Crippen MR) is 98.4 cm³/mol. The number of ether oxygens (including phenoxy) is 1. The molecule has 0 heterocycles. The van der Waals surface area contributed by atoms with Crippen LogP contribution in [0.2, 0.25) is 0 Å². The van der Waals surface area contributed by atoms with Gasteiger partial charge in [0, 0.05) is 13.2 Å². The van der Waals surface area contributed by atoms with Gasteiger partial charge in [0.05, 0.1) is 6.61 Å². The van der Waals surface area contributed by atoms with Gasteiger partial charge in [0.2, 0.25) is 0 Å². The van der Waals surface area contributed by atoms with E-state index >= 15 is 0 Å². The SMILES string of the molecule is CCCCCCCCCCCCCOS(=O)(=O)O.CCOCC.[H-].[H-].[Na+].[Na+]. The Kier molecular flexibility index (Phi) is 38.5. The molecule has 0 bridgehead atoms. The van der Waals surface area contributed by atoms with Crippen molar-refractivity contribution in [3.8, 4) is 0 Å². The molecule has 0 saturated heterocycles. The van der Waals surface area contributed by atoms with Crippen molar-refractivity contribution < 1.29 is 83.9 Å². The van der Waals surface area contributed by atoms with E-state index in [0.29, 0.717) is 6.42 Å². The van der Waals surface area contributed by atoms with E-state index < -0.39 is 10.4 Å². The molecule has 0 aliphatic rings. The van der Waals surface area contributed by atoms with Gasteiger partial charge in [-0.15, -0.1) is 0 Å². The summed E-state index contributed by atoms with van der Waals surface area (Å²) in [5, 5.41) is 0. The first kappa shape index (κ1) is 34.3. The minimum Gasteiger partial charge on any atom is -1.00 e. The van der Waals surface area contributed by atoms with Crippen LogP contribution in [0.1, 0.15) is 94.3 Å². The van der Waals surface area contributed by atoms with Crippen molar-refractivity contribution in [2.45, 2.75) is 91.4 Å². The maximum atomic E-state index is 10.2. The van der Waals surface area contributed by atoms with Crippen molar-refractivity contribution in [3.05, 3.63) is 0 Å². The third-order valence-corrected chi connectivity index (χ3v) is 3.85. The number of hydrogen-bond acceptors (Lipinski definition) is 4. The molecule has 0 aliphatic carbocycles. The van der Waals surface area contributed by atoms with E-state index in [0.717, 1.165) is 26.1 Å². The molecule has 5 nitrogen and oxygen atoms in total. The first-order valence-corrected chi connectivity index (χ1v) is 10.5. The Bertz CT molecular complexity index is 322. The van der Waals surface area contributed by atoms with Gasteiger partial charge in [-0.25, -0.2) is 4.18 Å². The zero-order chi connectivity index (χ0) is 17.8. The van der Waals surface area contributed by atoms with E-state index in [4.69, 9.17) is 9.29 Å². The Morgan fingerprint density at radius 1 is 0.720 bits per heavy atom. The second-order valence-corrected chi connectivity index (χ2v) is 6.66. The van der Waals surface area contributed by atoms with E-state index in [9.17, 15) is 8.42 Å². The molecule has 1 N–H and O–H groups in total. The molecule has 0 saturated carbocycles. The quantitative estimate of drug-likeness (QED) is 0.225. The Morgan fingerprint density at radius 2 is 1.08 bits per heavy atom. The van der Waals surface area contributed by atoms with Crippen LogP contribution in [0.25, 0.3) is 0 Å². The first-order valence-electron chi connectivity index (χ1n) is 9.17. The van der Waals surface area contributed by atoms with Crippen LogP contribution >= 0.6 is 0 Å². The third-order valence-electron chi connectivity index (χ3n) is 3.39. The van der Waals surface area contributed by atoms with Crippen molar-refractivity contribution in [1.82, 2.24) is 0 Å². The van der Waals surface area contributed by atoms with Crippen LogP contribution in [-0.4, -0.2) is 32.8 Å². The van der Waals surface area contributed by atoms with Gasteiger partial charge >= 0.3 is 69.5 Å². The molecular formula is C17H40Na2O5S. The number of rotatable bonds is 15. The normalized spacial score (nSPS) is 10.2. The van der Waals surface area contributed by atoms with Crippen LogP contribution in [0.4, 0.5) is 0 Å². The molecule has 0 aliphatic heterocycles. The first-order chi connectivity index (χ1) is 11.0. The molecule has 0 rings (SSSR count). The Labute approximate surface area is 203 Å². The van der Waals surface area contributed by atoms with Crippen LogP contribution in [0.5, 0.6) is 0 Å². The van der Waals surface area contributed by atoms with Crippen LogP contribution in [-0.2, 0) is 19.3 Å². The molecule has 0 amide bonds. The maximum Gasteiger partial charge on any atom is 1.00 e. The molecule has 8 heteroatoms. The van der Waals surface area contributed by atoms with Crippen LogP contribution in [0.15, 0.2) is 0 Å². The van der Waals surface area contributed by atoms with E-state index in [2.05, 4.69) is 11.1 Å². The van der Waals surface area contributed by atoms with Gasteiger partial charge in [-0.3, -0.25) is 4.55 Å². The van der Waals surface area contributed by atoms with Crippen molar-refractivity contribution in [2.75, 3.05) is 19.8 Å². The Hall–Kier alpha value is 1.83. The number of unbranched alkanes of at least 4 members (excludes halogenated alkanes) is 10. The Morgan fingerprint density at radius 3 is 1.36 bits per heavy atom. The van der Waals surface area contributed by atoms with Gasteiger partial charge in [-0.05, 0) is 20.3 Å². The fourth-order valence-corrected chi connectivity index (χ4v) is 2.46. The number of hydrogen-bond donors (Lipinski definition) is 1. The van der Waals surface area contributed by atoms with Crippen molar-refractivity contribution in [1.29, 1.82) is 0 Å². The zero-order valence-corrected chi connectivity index (χ0v) is 22.2. The molecule has 0 aromatic carbocycles. The summed E-state index contributed by atoms with van der Waals surface area (Å²) in [5.74, 6) is 0. The summed E-state index contributed by atoms with van der Waals surface area (Å²) in [6.07, 6.45) is 13.3. The van der Waals surface area contributed by atoms with Gasteiger partial charge in [-0.1, -0.05) is 71.1 Å². The molecule has 0 aromatic rings. The molecular weight excluding hydrogens is 362 g/mol. The minimum atomic E-state index is -4.24. The van der Waals surface area contributed by atoms with Crippen LogP contribution < -0.4 is 59.1 Å². The average Bonchev–Trinajstić information content (AvgIpc) is 2.49. The van der Waals surface area contributed by atoms with Gasteiger partial charge < -0.3 is 7.59 Å². The second-order valence-electron chi connectivity index (χ2n) is 5.57. The molecule has 0 radical (unpaired) electrons. The molecule has 25 heavy (non-hydrogen) atoms. The predicted octanol–water partition coefficient (Wildman–Crippen LogP) is -0.607. The smallest absolute Gasteiger partial charge is 1.00 e. The van der Waals surface area contributed by atoms with E-state index in [1.165, 1.54) is 51.4 Å². The van der Waals surface area contributed by atoms with Gasteiger partial charge in [0.25, 0.3) is 0 Å². The van der Waals surface area contributed by atoms with Crippen molar-refractivity contribution in [3.63, 3.8) is 0 Å². The van der Waals surface area contributed by atoms with Gasteiger partial charge in [-0.2, -0.15) is 8.42 Å². The molecule has 0 aromatic heterocycles. The fourth-order valence-electron chi connectivity index (χ4n) is 2.13. The largest absolute Gasteiger partial charge is 1.00 e. The molecule has 146 valence electrons. The molecule has 0 spiro atoms. The van der Waals surface area contributed by atoms with Crippen molar-refractivity contribution in [2.24, 2.45) is 0 Å². The summed E-state index contributed by atoms with van der Waals surface area (Å²) in [6.45, 7) is 7.99. The fraction of sp³-hybridized carbons (Fsp3) is 1.00. The molecule has 0 fully saturated rings. The Balaban J connectivity index is -0.000000109. The summed E-state index contributed by atoms with van der Waals surface area (Å²) in [5.41, 5.74) is 0. The second kappa shape index (κ2) is 28.0. The monoisotopic (exact) mass is 402 g/mol. The maximum absolute atomic E-state index is 10.2. The van der Waals surface area contributed by atoms with E-state index in [-0.39, 0.29) is 68.6 Å². The molecule has 0 unspecified atom stereocenters. The minimum absolute atomic E-state index is 0. The van der Waals surface area contributed by atoms with Crippen molar-refractivity contribution >= 4 is 10.4 Å². The summed E-state index contributed by atoms with van der Waals surface area (Å²) in [7, 11) is -4.24. The standard InChI is InChI=1S/C13H28O4S.C4H10O.2Na.2H/c1-2-3-4-5-6-7-8-9-10-11-12-13-17-18(14,15)16;1-3-5-4-2;;;;/h2-13H2,1H3,(H,14,15,16);3-4H2,1-2H3;;;;/q;;2*+1;2*-1. The summed E-state index contributed by atoms with van der Waals surface area (Å²) < 4.78 is 37.9. The molecule has 0 atom stereocenters.